The number of hydrogen-bond acceptors (Lipinski definition) is 4. The summed E-state index contributed by atoms with van der Waals surface area (Å²) in [5.74, 6) is 0.714. The number of halogens is 1. The second-order valence-corrected chi connectivity index (χ2v) is 6.06. The van der Waals surface area contributed by atoms with Gasteiger partial charge in [-0.05, 0) is 49.5 Å². The highest BCUT2D eigenvalue weighted by molar-refractivity contribution is 7.80. The van der Waals surface area contributed by atoms with Crippen LogP contribution >= 0.6 is 12.2 Å². The number of aryl methyl sites for hydroxylation is 1. The van der Waals surface area contributed by atoms with Gasteiger partial charge in [0, 0.05) is 18.3 Å². The quantitative estimate of drug-likeness (QED) is 0.713. The number of thiocarbonyl (C=S) groups is 1. The zero-order valence-corrected chi connectivity index (χ0v) is 14.7. The second-order valence-electron chi connectivity index (χ2n) is 5.67. The molecule has 0 aliphatic rings. The van der Waals surface area contributed by atoms with Crippen molar-refractivity contribution in [1.82, 2.24) is 15.0 Å². The van der Waals surface area contributed by atoms with E-state index in [1.165, 1.54) is 12.1 Å². The highest BCUT2D eigenvalue weighted by Crippen LogP contribution is 2.17. The van der Waals surface area contributed by atoms with Gasteiger partial charge in [-0.3, -0.25) is 0 Å². The van der Waals surface area contributed by atoms with Crippen LogP contribution in [0.25, 0.3) is 11.4 Å². The monoisotopic (exact) mass is 356 g/mol. The minimum atomic E-state index is -0.292. The van der Waals surface area contributed by atoms with Crippen LogP contribution < -0.4 is 5.32 Å². The first kappa shape index (κ1) is 17.0. The molecule has 0 aliphatic carbocycles. The van der Waals surface area contributed by atoms with E-state index >= 15 is 0 Å². The summed E-state index contributed by atoms with van der Waals surface area (Å²) in [6.07, 6.45) is 0. The molecule has 0 saturated heterocycles. The fourth-order valence-corrected chi connectivity index (χ4v) is 2.43. The summed E-state index contributed by atoms with van der Waals surface area (Å²) in [6.45, 7) is 2.38. The van der Waals surface area contributed by atoms with E-state index < -0.39 is 0 Å². The van der Waals surface area contributed by atoms with Crippen LogP contribution in [0.5, 0.6) is 0 Å². The maximum Gasteiger partial charge on any atom is 0.246 e. The first-order valence-corrected chi connectivity index (χ1v) is 8.09. The summed E-state index contributed by atoms with van der Waals surface area (Å²) in [7, 11) is 1.81. The molecule has 128 valence electrons. The molecule has 1 aromatic heterocycles. The predicted octanol–water partition coefficient (Wildman–Crippen LogP) is 4.01. The average Bonchev–Trinajstić information content (AvgIpc) is 3.05. The third-order valence-corrected chi connectivity index (χ3v) is 3.97. The van der Waals surface area contributed by atoms with Crippen molar-refractivity contribution in [3.8, 4) is 11.4 Å². The molecule has 0 amide bonds. The van der Waals surface area contributed by atoms with Crippen molar-refractivity contribution in [2.75, 3.05) is 12.4 Å². The van der Waals surface area contributed by atoms with Gasteiger partial charge in [0.05, 0.1) is 6.54 Å². The normalized spacial score (nSPS) is 10.5. The molecule has 0 fully saturated rings. The van der Waals surface area contributed by atoms with Gasteiger partial charge in [0.1, 0.15) is 5.82 Å². The molecular weight excluding hydrogens is 339 g/mol. The van der Waals surface area contributed by atoms with E-state index in [0.717, 1.165) is 11.1 Å². The fourth-order valence-electron chi connectivity index (χ4n) is 2.25. The standard InChI is InChI=1S/C18H17FN4OS/c1-12-4-3-5-13(10-12)17-21-16(24-22-17)11-23(2)18(25)20-15-8-6-14(19)7-9-15/h3-10H,11H2,1-2H3,(H,20,25). The Hall–Kier alpha value is -2.80. The topological polar surface area (TPSA) is 54.2 Å². The minimum absolute atomic E-state index is 0.292. The van der Waals surface area contributed by atoms with Crippen molar-refractivity contribution in [2.24, 2.45) is 0 Å². The van der Waals surface area contributed by atoms with Gasteiger partial charge in [-0.1, -0.05) is 28.9 Å². The van der Waals surface area contributed by atoms with Gasteiger partial charge in [-0.25, -0.2) is 4.39 Å². The van der Waals surface area contributed by atoms with E-state index in [0.29, 0.717) is 29.1 Å². The highest BCUT2D eigenvalue weighted by atomic mass is 32.1. The molecule has 3 aromatic rings. The molecule has 25 heavy (non-hydrogen) atoms. The number of hydrogen-bond donors (Lipinski definition) is 1. The van der Waals surface area contributed by atoms with Crippen LogP contribution in [-0.4, -0.2) is 27.2 Å². The van der Waals surface area contributed by atoms with Crippen LogP contribution in [0.2, 0.25) is 0 Å². The molecule has 3 rings (SSSR count). The summed E-state index contributed by atoms with van der Waals surface area (Å²) >= 11 is 5.34. The summed E-state index contributed by atoms with van der Waals surface area (Å²) in [5, 5.41) is 7.53. The highest BCUT2D eigenvalue weighted by Gasteiger charge is 2.13. The van der Waals surface area contributed by atoms with E-state index in [9.17, 15) is 4.39 Å². The SMILES string of the molecule is Cc1cccc(-c2noc(CN(C)C(=S)Nc3ccc(F)cc3)n2)c1. The fraction of sp³-hybridized carbons (Fsp3) is 0.167. The third kappa shape index (κ3) is 4.39. The maximum absolute atomic E-state index is 12.9. The zero-order valence-electron chi connectivity index (χ0n) is 13.9. The molecular formula is C18H17FN4OS. The number of nitrogens with zero attached hydrogens (tertiary/aromatic N) is 3. The van der Waals surface area contributed by atoms with Crippen LogP contribution in [0.4, 0.5) is 10.1 Å². The van der Waals surface area contributed by atoms with Gasteiger partial charge >= 0.3 is 0 Å². The van der Waals surface area contributed by atoms with Crippen LogP contribution in [-0.2, 0) is 6.54 Å². The molecule has 0 saturated carbocycles. The second kappa shape index (κ2) is 7.40. The lowest BCUT2D eigenvalue weighted by molar-refractivity contribution is 0.336. The first-order valence-electron chi connectivity index (χ1n) is 7.68. The Kier molecular flexibility index (Phi) is 5.04. The summed E-state index contributed by atoms with van der Waals surface area (Å²) in [6, 6.07) is 13.9. The average molecular weight is 356 g/mol. The lowest BCUT2D eigenvalue weighted by atomic mass is 10.1. The molecule has 5 nitrogen and oxygen atoms in total. The smallest absolute Gasteiger partial charge is 0.246 e. The van der Waals surface area contributed by atoms with E-state index in [1.807, 2.05) is 38.2 Å². The van der Waals surface area contributed by atoms with Crippen molar-refractivity contribution >= 4 is 23.0 Å². The Morgan fingerprint density at radius 1 is 1.24 bits per heavy atom. The van der Waals surface area contributed by atoms with Crippen LogP contribution in [0.1, 0.15) is 11.5 Å². The Labute approximate surface area is 150 Å². The molecule has 0 radical (unpaired) electrons. The molecule has 0 unspecified atom stereocenters. The number of benzene rings is 2. The Balaban J connectivity index is 1.64. The number of aromatic nitrogens is 2. The molecule has 7 heteroatoms. The van der Waals surface area contributed by atoms with Gasteiger partial charge in [0.2, 0.25) is 11.7 Å². The van der Waals surface area contributed by atoms with Crippen LogP contribution in [0.3, 0.4) is 0 Å². The van der Waals surface area contributed by atoms with Crippen LogP contribution in [0.15, 0.2) is 53.1 Å². The molecule has 1 heterocycles. The predicted molar refractivity (Wildman–Crippen MR) is 98.6 cm³/mol. The Morgan fingerprint density at radius 2 is 2.00 bits per heavy atom. The van der Waals surface area contributed by atoms with E-state index in [1.54, 1.807) is 17.0 Å². The van der Waals surface area contributed by atoms with E-state index in [4.69, 9.17) is 16.7 Å². The summed E-state index contributed by atoms with van der Waals surface area (Å²) in [4.78, 5) is 6.18. The Bertz CT molecular complexity index is 879. The largest absolute Gasteiger partial charge is 0.343 e. The molecule has 0 aliphatic heterocycles. The summed E-state index contributed by atoms with van der Waals surface area (Å²) in [5.41, 5.74) is 2.75. The van der Waals surface area contributed by atoms with Crippen molar-refractivity contribution in [3.63, 3.8) is 0 Å². The molecule has 0 spiro atoms. The van der Waals surface area contributed by atoms with Gasteiger partial charge in [-0.15, -0.1) is 0 Å². The van der Waals surface area contributed by atoms with Crippen molar-refractivity contribution < 1.29 is 8.91 Å². The van der Waals surface area contributed by atoms with Gasteiger partial charge < -0.3 is 14.7 Å². The molecule has 0 bridgehead atoms. The Morgan fingerprint density at radius 3 is 2.72 bits per heavy atom. The summed E-state index contributed by atoms with van der Waals surface area (Å²) < 4.78 is 18.2. The van der Waals surface area contributed by atoms with E-state index in [2.05, 4.69) is 15.5 Å². The maximum atomic E-state index is 12.9. The molecule has 0 atom stereocenters. The van der Waals surface area contributed by atoms with Crippen molar-refractivity contribution in [3.05, 3.63) is 65.8 Å². The van der Waals surface area contributed by atoms with Crippen LogP contribution in [0, 0.1) is 12.7 Å². The van der Waals surface area contributed by atoms with Gasteiger partial charge in [-0.2, -0.15) is 4.98 Å². The van der Waals surface area contributed by atoms with Crippen molar-refractivity contribution in [2.45, 2.75) is 13.5 Å². The lowest BCUT2D eigenvalue weighted by Gasteiger charge is -2.19. The number of nitrogens with one attached hydrogen (secondary N) is 1. The molecule has 1 N–H and O–H groups in total. The lowest BCUT2D eigenvalue weighted by Crippen LogP contribution is -2.30. The third-order valence-electron chi connectivity index (χ3n) is 3.56. The van der Waals surface area contributed by atoms with Gasteiger partial charge in [0.25, 0.3) is 0 Å². The zero-order chi connectivity index (χ0) is 17.8. The molecule has 2 aromatic carbocycles. The number of anilines is 1. The number of rotatable bonds is 4. The van der Waals surface area contributed by atoms with Crippen molar-refractivity contribution in [1.29, 1.82) is 0 Å². The van der Waals surface area contributed by atoms with Gasteiger partial charge in [0.15, 0.2) is 5.11 Å². The van der Waals surface area contributed by atoms with E-state index in [-0.39, 0.29) is 5.82 Å². The minimum Gasteiger partial charge on any atom is -0.343 e. The first-order chi connectivity index (χ1) is 12.0.